The highest BCUT2D eigenvalue weighted by Crippen LogP contribution is 2.33. The first-order chi connectivity index (χ1) is 14.1. The van der Waals surface area contributed by atoms with Crippen LogP contribution < -0.4 is 14.8 Å². The summed E-state index contributed by atoms with van der Waals surface area (Å²) < 4.78 is 10.9. The second-order valence-corrected chi connectivity index (χ2v) is 7.97. The summed E-state index contributed by atoms with van der Waals surface area (Å²) in [6.45, 7) is 8.69. The summed E-state index contributed by atoms with van der Waals surface area (Å²) in [7, 11) is 7.47. The Morgan fingerprint density at radius 3 is 2.52 bits per heavy atom. The number of nitrogens with zero attached hydrogens (tertiary/aromatic N) is 4. The Balaban J connectivity index is 1.50. The van der Waals surface area contributed by atoms with Gasteiger partial charge in [-0.15, -0.1) is 0 Å². The first-order valence-corrected chi connectivity index (χ1v) is 10.7. The van der Waals surface area contributed by atoms with Gasteiger partial charge in [0, 0.05) is 39.8 Å². The number of fused-ring (bicyclic) bond motifs is 1. The molecule has 1 aromatic rings. The standard InChI is InChI=1S/C22H37N5O2/c1-23-22(24-8-5-10-26-11-6-9-25(2)13-14-26)27-12-7-18-15-20(28-3)21(29-4)16-19(18)17-27/h15-16H,5-14,17H2,1-4H3,(H,23,24). The van der Waals surface area contributed by atoms with Gasteiger partial charge in [-0.05, 0) is 69.2 Å². The third-order valence-corrected chi connectivity index (χ3v) is 5.98. The molecule has 1 aromatic carbocycles. The number of nitrogens with one attached hydrogen (secondary N) is 1. The topological polar surface area (TPSA) is 52.6 Å². The van der Waals surface area contributed by atoms with E-state index in [2.05, 4.69) is 44.2 Å². The first-order valence-electron chi connectivity index (χ1n) is 10.7. The Kier molecular flexibility index (Phi) is 8.00. The maximum atomic E-state index is 5.48. The molecule has 0 amide bonds. The Hall–Kier alpha value is -1.99. The summed E-state index contributed by atoms with van der Waals surface area (Å²) in [4.78, 5) is 11.9. The molecule has 7 nitrogen and oxygen atoms in total. The van der Waals surface area contributed by atoms with Gasteiger partial charge in [0.15, 0.2) is 17.5 Å². The van der Waals surface area contributed by atoms with Crippen LogP contribution in [0, 0.1) is 0 Å². The molecular formula is C22H37N5O2. The van der Waals surface area contributed by atoms with Gasteiger partial charge < -0.3 is 29.5 Å². The van der Waals surface area contributed by atoms with Crippen molar-refractivity contribution in [2.45, 2.75) is 25.8 Å². The van der Waals surface area contributed by atoms with E-state index in [0.29, 0.717) is 0 Å². The van der Waals surface area contributed by atoms with Crippen molar-refractivity contribution in [2.75, 3.05) is 74.1 Å². The van der Waals surface area contributed by atoms with Crippen LogP contribution in [0.3, 0.4) is 0 Å². The average Bonchev–Trinajstić information content (AvgIpc) is 2.96. The molecule has 0 aromatic heterocycles. The zero-order valence-corrected chi connectivity index (χ0v) is 18.5. The quantitative estimate of drug-likeness (QED) is 0.443. The number of ether oxygens (including phenoxy) is 2. The Bertz CT molecular complexity index is 694. The average molecular weight is 404 g/mol. The lowest BCUT2D eigenvalue weighted by atomic mass is 9.99. The fraction of sp³-hybridized carbons (Fsp3) is 0.682. The fourth-order valence-electron chi connectivity index (χ4n) is 4.22. The molecule has 0 unspecified atom stereocenters. The molecule has 0 bridgehead atoms. The fourth-order valence-corrected chi connectivity index (χ4v) is 4.22. The van der Waals surface area contributed by atoms with E-state index in [9.17, 15) is 0 Å². The molecule has 0 saturated carbocycles. The summed E-state index contributed by atoms with van der Waals surface area (Å²) in [5.74, 6) is 2.59. The summed E-state index contributed by atoms with van der Waals surface area (Å²) in [6.07, 6.45) is 3.39. The predicted octanol–water partition coefficient (Wildman–Crippen LogP) is 1.66. The van der Waals surface area contributed by atoms with Crippen molar-refractivity contribution < 1.29 is 9.47 Å². The van der Waals surface area contributed by atoms with E-state index in [4.69, 9.17) is 9.47 Å². The molecule has 0 atom stereocenters. The molecular weight excluding hydrogens is 366 g/mol. The molecule has 162 valence electrons. The molecule has 2 aliphatic rings. The highest BCUT2D eigenvalue weighted by Gasteiger charge is 2.21. The normalized spacial score (nSPS) is 18.9. The van der Waals surface area contributed by atoms with Gasteiger partial charge in [-0.3, -0.25) is 4.99 Å². The lowest BCUT2D eigenvalue weighted by Gasteiger charge is -2.32. The molecule has 1 fully saturated rings. The van der Waals surface area contributed by atoms with Crippen molar-refractivity contribution in [3.8, 4) is 11.5 Å². The van der Waals surface area contributed by atoms with Crippen molar-refractivity contribution in [3.63, 3.8) is 0 Å². The molecule has 29 heavy (non-hydrogen) atoms. The number of methoxy groups -OCH3 is 2. The zero-order valence-electron chi connectivity index (χ0n) is 18.5. The summed E-state index contributed by atoms with van der Waals surface area (Å²) in [5, 5.41) is 3.57. The molecule has 0 radical (unpaired) electrons. The Morgan fingerprint density at radius 1 is 1.03 bits per heavy atom. The van der Waals surface area contributed by atoms with Crippen LogP contribution in [0.2, 0.25) is 0 Å². The number of rotatable bonds is 6. The third-order valence-electron chi connectivity index (χ3n) is 5.98. The van der Waals surface area contributed by atoms with E-state index in [-0.39, 0.29) is 0 Å². The highest BCUT2D eigenvalue weighted by atomic mass is 16.5. The van der Waals surface area contributed by atoms with Crippen LogP contribution in [0.4, 0.5) is 0 Å². The number of hydrogen-bond donors (Lipinski definition) is 1. The van der Waals surface area contributed by atoms with Gasteiger partial charge in [-0.25, -0.2) is 0 Å². The molecule has 2 aliphatic heterocycles. The maximum Gasteiger partial charge on any atom is 0.193 e. The van der Waals surface area contributed by atoms with Crippen molar-refractivity contribution >= 4 is 5.96 Å². The number of guanidine groups is 1. The van der Waals surface area contributed by atoms with Gasteiger partial charge in [0.05, 0.1) is 14.2 Å². The van der Waals surface area contributed by atoms with Crippen molar-refractivity contribution in [2.24, 2.45) is 4.99 Å². The summed E-state index contributed by atoms with van der Waals surface area (Å²) in [5.41, 5.74) is 2.62. The number of hydrogen-bond acceptors (Lipinski definition) is 5. The van der Waals surface area contributed by atoms with Gasteiger partial charge in [-0.2, -0.15) is 0 Å². The van der Waals surface area contributed by atoms with Gasteiger partial charge in [0.2, 0.25) is 0 Å². The predicted molar refractivity (Wildman–Crippen MR) is 118 cm³/mol. The van der Waals surface area contributed by atoms with Gasteiger partial charge >= 0.3 is 0 Å². The van der Waals surface area contributed by atoms with Gasteiger partial charge in [-0.1, -0.05) is 0 Å². The maximum absolute atomic E-state index is 5.48. The number of benzene rings is 1. The third kappa shape index (κ3) is 5.76. The molecule has 1 N–H and O–H groups in total. The lowest BCUT2D eigenvalue weighted by molar-refractivity contribution is 0.273. The van der Waals surface area contributed by atoms with E-state index < -0.39 is 0 Å². The van der Waals surface area contributed by atoms with E-state index in [1.54, 1.807) is 14.2 Å². The molecule has 0 spiro atoms. The van der Waals surface area contributed by atoms with Crippen molar-refractivity contribution in [1.82, 2.24) is 20.0 Å². The molecule has 1 saturated heterocycles. The number of aliphatic imine (C=N–C) groups is 1. The second-order valence-electron chi connectivity index (χ2n) is 7.97. The largest absolute Gasteiger partial charge is 0.493 e. The molecule has 7 heteroatoms. The van der Waals surface area contributed by atoms with E-state index in [0.717, 1.165) is 56.5 Å². The summed E-state index contributed by atoms with van der Waals surface area (Å²) in [6, 6.07) is 4.21. The molecule has 0 aliphatic carbocycles. The van der Waals surface area contributed by atoms with Crippen LogP contribution in [-0.2, 0) is 13.0 Å². The lowest BCUT2D eigenvalue weighted by Crippen LogP contribution is -2.44. The minimum absolute atomic E-state index is 0.791. The van der Waals surface area contributed by atoms with Crippen molar-refractivity contribution in [3.05, 3.63) is 23.3 Å². The van der Waals surface area contributed by atoms with E-state index in [1.807, 2.05) is 7.05 Å². The second kappa shape index (κ2) is 10.7. The Morgan fingerprint density at radius 2 is 1.79 bits per heavy atom. The molecule has 3 rings (SSSR count). The van der Waals surface area contributed by atoms with Gasteiger partial charge in [0.25, 0.3) is 0 Å². The SMILES string of the molecule is CN=C(NCCCN1CCCN(C)CC1)N1CCc2cc(OC)c(OC)cc2C1. The number of likely N-dealkylation sites (N-methyl/N-ethyl adjacent to an activating group) is 1. The van der Waals surface area contributed by atoms with Crippen LogP contribution in [-0.4, -0.2) is 94.8 Å². The van der Waals surface area contributed by atoms with Crippen LogP contribution in [0.25, 0.3) is 0 Å². The monoisotopic (exact) mass is 403 g/mol. The van der Waals surface area contributed by atoms with Crippen molar-refractivity contribution in [1.29, 1.82) is 0 Å². The van der Waals surface area contributed by atoms with Crippen LogP contribution in [0.1, 0.15) is 24.0 Å². The minimum Gasteiger partial charge on any atom is -0.493 e. The van der Waals surface area contributed by atoms with Crippen LogP contribution in [0.15, 0.2) is 17.1 Å². The van der Waals surface area contributed by atoms with E-state index in [1.165, 1.54) is 43.7 Å². The van der Waals surface area contributed by atoms with E-state index >= 15 is 0 Å². The van der Waals surface area contributed by atoms with Gasteiger partial charge in [0.1, 0.15) is 0 Å². The first kappa shape index (κ1) is 21.7. The Labute approximate surface area is 175 Å². The highest BCUT2D eigenvalue weighted by molar-refractivity contribution is 5.80. The van der Waals surface area contributed by atoms with Crippen LogP contribution >= 0.6 is 0 Å². The minimum atomic E-state index is 0.791. The zero-order chi connectivity index (χ0) is 20.6. The summed E-state index contributed by atoms with van der Waals surface area (Å²) >= 11 is 0. The van der Waals surface area contributed by atoms with Crippen LogP contribution in [0.5, 0.6) is 11.5 Å². The smallest absolute Gasteiger partial charge is 0.193 e. The molecule has 2 heterocycles.